The van der Waals surface area contributed by atoms with Gasteiger partial charge in [0.05, 0.1) is 0 Å². The van der Waals surface area contributed by atoms with Crippen molar-refractivity contribution in [2.45, 2.75) is 6.61 Å². The van der Waals surface area contributed by atoms with Crippen LogP contribution < -0.4 is 4.74 Å². The zero-order chi connectivity index (χ0) is 15.4. The van der Waals surface area contributed by atoms with E-state index in [4.69, 9.17) is 16.3 Å². The van der Waals surface area contributed by atoms with Gasteiger partial charge in [0, 0.05) is 18.0 Å². The Hall–Kier alpha value is -2.46. The fourth-order valence-electron chi connectivity index (χ4n) is 2.04. The summed E-state index contributed by atoms with van der Waals surface area (Å²) >= 11 is 5.97. The summed E-state index contributed by atoms with van der Waals surface area (Å²) in [5.41, 5.74) is 1.53. The van der Waals surface area contributed by atoms with Crippen LogP contribution in [0.5, 0.6) is 5.75 Å². The molecule has 0 radical (unpaired) electrons. The highest BCUT2D eigenvalue weighted by atomic mass is 35.5. The lowest BCUT2D eigenvalue weighted by Crippen LogP contribution is -1.99. The highest BCUT2D eigenvalue weighted by molar-refractivity contribution is 6.31. The van der Waals surface area contributed by atoms with Crippen molar-refractivity contribution < 1.29 is 9.13 Å². The minimum Gasteiger partial charge on any atom is -0.486 e. The van der Waals surface area contributed by atoms with Crippen LogP contribution in [0.15, 0.2) is 60.9 Å². The molecule has 0 atom stereocenters. The maximum absolute atomic E-state index is 14.6. The van der Waals surface area contributed by atoms with Crippen molar-refractivity contribution in [1.82, 2.24) is 9.97 Å². The van der Waals surface area contributed by atoms with E-state index in [2.05, 4.69) is 9.97 Å². The van der Waals surface area contributed by atoms with E-state index in [0.29, 0.717) is 5.69 Å². The molecule has 0 saturated heterocycles. The van der Waals surface area contributed by atoms with Gasteiger partial charge in [-0.2, -0.15) is 0 Å². The summed E-state index contributed by atoms with van der Waals surface area (Å²) in [7, 11) is 0. The summed E-state index contributed by atoms with van der Waals surface area (Å²) in [6.45, 7) is 0.287. The van der Waals surface area contributed by atoms with E-state index in [1.165, 1.54) is 12.4 Å². The van der Waals surface area contributed by atoms with Gasteiger partial charge in [-0.25, -0.2) is 9.37 Å². The van der Waals surface area contributed by atoms with Gasteiger partial charge < -0.3 is 4.74 Å². The molecular weight excluding hydrogens is 303 g/mol. The van der Waals surface area contributed by atoms with Gasteiger partial charge in [0.25, 0.3) is 0 Å². The van der Waals surface area contributed by atoms with Crippen molar-refractivity contribution in [2.75, 3.05) is 0 Å². The van der Waals surface area contributed by atoms with Crippen LogP contribution in [0.3, 0.4) is 0 Å². The van der Waals surface area contributed by atoms with Crippen molar-refractivity contribution >= 4 is 11.6 Å². The van der Waals surface area contributed by atoms with Gasteiger partial charge in [0.2, 0.25) is 0 Å². The molecule has 0 N–H and O–H groups in total. The highest BCUT2D eigenvalue weighted by Gasteiger charge is 2.15. The minimum absolute atomic E-state index is 0.154. The number of benzene rings is 2. The summed E-state index contributed by atoms with van der Waals surface area (Å²) in [6, 6.07) is 14.4. The predicted molar refractivity (Wildman–Crippen MR) is 83.2 cm³/mol. The smallest absolute Gasteiger partial charge is 0.174 e. The Balaban J connectivity index is 1.88. The van der Waals surface area contributed by atoms with Crippen LogP contribution in [-0.4, -0.2) is 9.97 Å². The van der Waals surface area contributed by atoms with Gasteiger partial charge in [0.15, 0.2) is 16.7 Å². The van der Waals surface area contributed by atoms with E-state index >= 15 is 0 Å². The third kappa shape index (κ3) is 3.07. The second-order valence-electron chi connectivity index (χ2n) is 4.59. The van der Waals surface area contributed by atoms with Crippen LogP contribution in [0.1, 0.15) is 5.56 Å². The average Bonchev–Trinajstić information content (AvgIpc) is 2.56. The molecule has 0 saturated carbocycles. The normalized spacial score (nSPS) is 10.5. The number of halogens is 2. The van der Waals surface area contributed by atoms with Crippen LogP contribution in [0.4, 0.5) is 4.39 Å². The van der Waals surface area contributed by atoms with Crippen molar-refractivity contribution in [3.8, 4) is 17.0 Å². The SMILES string of the molecule is Fc1c(OCc2ccccc2)cccc1-c1nccnc1Cl. The Morgan fingerprint density at radius 3 is 2.50 bits per heavy atom. The van der Waals surface area contributed by atoms with Crippen molar-refractivity contribution in [3.05, 3.63) is 77.5 Å². The molecule has 0 spiro atoms. The number of hydrogen-bond acceptors (Lipinski definition) is 3. The quantitative estimate of drug-likeness (QED) is 0.710. The lowest BCUT2D eigenvalue weighted by Gasteiger charge is -2.10. The molecule has 110 valence electrons. The maximum atomic E-state index is 14.6. The number of ether oxygens (including phenoxy) is 1. The molecule has 0 aliphatic carbocycles. The zero-order valence-corrected chi connectivity index (χ0v) is 12.3. The first-order valence-electron chi connectivity index (χ1n) is 6.68. The summed E-state index contributed by atoms with van der Waals surface area (Å²) in [4.78, 5) is 7.99. The van der Waals surface area contributed by atoms with Gasteiger partial charge >= 0.3 is 0 Å². The van der Waals surface area contributed by atoms with Crippen LogP contribution in [0, 0.1) is 5.82 Å². The minimum atomic E-state index is -0.499. The fraction of sp³-hybridized carbons (Fsp3) is 0.0588. The van der Waals surface area contributed by atoms with Gasteiger partial charge in [-0.1, -0.05) is 48.0 Å². The molecule has 0 bridgehead atoms. The number of hydrogen-bond donors (Lipinski definition) is 0. The zero-order valence-electron chi connectivity index (χ0n) is 11.5. The molecule has 0 amide bonds. The lowest BCUT2D eigenvalue weighted by atomic mass is 10.1. The molecule has 3 aromatic rings. The molecule has 2 aromatic carbocycles. The second kappa shape index (κ2) is 6.54. The van der Waals surface area contributed by atoms with Crippen LogP contribution in [0.2, 0.25) is 5.15 Å². The molecule has 0 aliphatic rings. The van der Waals surface area contributed by atoms with Gasteiger partial charge in [-0.05, 0) is 17.7 Å². The number of rotatable bonds is 4. The third-order valence-electron chi connectivity index (χ3n) is 3.11. The van der Waals surface area contributed by atoms with Gasteiger partial charge in [-0.3, -0.25) is 4.98 Å². The summed E-state index contributed by atoms with van der Waals surface area (Å²) < 4.78 is 20.1. The van der Waals surface area contributed by atoms with Crippen molar-refractivity contribution in [3.63, 3.8) is 0 Å². The first-order valence-corrected chi connectivity index (χ1v) is 7.05. The Labute approximate surface area is 132 Å². The molecule has 3 rings (SSSR count). The molecule has 1 aromatic heterocycles. The van der Waals surface area contributed by atoms with Gasteiger partial charge in [0.1, 0.15) is 12.3 Å². The Bertz CT molecular complexity index is 781. The summed E-state index contributed by atoms with van der Waals surface area (Å²) in [5.74, 6) is -0.344. The van der Waals surface area contributed by atoms with E-state index in [1.807, 2.05) is 30.3 Å². The van der Waals surface area contributed by atoms with Crippen LogP contribution >= 0.6 is 11.6 Å². The third-order valence-corrected chi connectivity index (χ3v) is 3.39. The molecule has 0 aliphatic heterocycles. The fourth-order valence-corrected chi connectivity index (χ4v) is 2.25. The lowest BCUT2D eigenvalue weighted by molar-refractivity contribution is 0.291. The van der Waals surface area contributed by atoms with Crippen LogP contribution in [-0.2, 0) is 6.61 Å². The summed E-state index contributed by atoms with van der Waals surface area (Å²) in [6.07, 6.45) is 2.93. The number of nitrogens with zero attached hydrogens (tertiary/aromatic N) is 2. The number of aromatic nitrogens is 2. The molecule has 22 heavy (non-hydrogen) atoms. The molecular formula is C17H12ClFN2O. The standard InChI is InChI=1S/C17H12ClFN2O/c18-17-16(20-9-10-21-17)13-7-4-8-14(15(13)19)22-11-12-5-2-1-3-6-12/h1-10H,11H2. The molecule has 5 heteroatoms. The van der Waals surface area contributed by atoms with Gasteiger partial charge in [-0.15, -0.1) is 0 Å². The topological polar surface area (TPSA) is 35.0 Å². The highest BCUT2D eigenvalue weighted by Crippen LogP contribution is 2.31. The van der Waals surface area contributed by atoms with E-state index in [0.717, 1.165) is 5.56 Å². The second-order valence-corrected chi connectivity index (χ2v) is 4.95. The Morgan fingerprint density at radius 2 is 1.73 bits per heavy atom. The predicted octanol–water partition coefficient (Wildman–Crippen LogP) is 4.52. The van der Waals surface area contributed by atoms with E-state index in [1.54, 1.807) is 18.2 Å². The molecule has 0 fully saturated rings. The first kappa shape index (κ1) is 14.5. The van der Waals surface area contributed by atoms with Crippen molar-refractivity contribution in [2.24, 2.45) is 0 Å². The largest absolute Gasteiger partial charge is 0.486 e. The maximum Gasteiger partial charge on any atom is 0.174 e. The van der Waals surface area contributed by atoms with E-state index in [9.17, 15) is 4.39 Å². The van der Waals surface area contributed by atoms with E-state index < -0.39 is 5.82 Å². The molecule has 3 nitrogen and oxygen atoms in total. The average molecular weight is 315 g/mol. The van der Waals surface area contributed by atoms with E-state index in [-0.39, 0.29) is 23.1 Å². The molecule has 0 unspecified atom stereocenters. The van der Waals surface area contributed by atoms with Crippen LogP contribution in [0.25, 0.3) is 11.3 Å². The summed E-state index contributed by atoms with van der Waals surface area (Å²) in [5, 5.41) is 0.154. The Morgan fingerprint density at radius 1 is 0.955 bits per heavy atom. The van der Waals surface area contributed by atoms with Crippen molar-refractivity contribution in [1.29, 1.82) is 0 Å². The first-order chi connectivity index (χ1) is 10.8. The molecule has 1 heterocycles. The Kier molecular flexibility index (Phi) is 4.30. The monoisotopic (exact) mass is 314 g/mol.